The van der Waals surface area contributed by atoms with Crippen LogP contribution in [0.15, 0.2) is 36.5 Å². The van der Waals surface area contributed by atoms with Gasteiger partial charge < -0.3 is 4.74 Å². The zero-order chi connectivity index (χ0) is 18.8. The Morgan fingerprint density at radius 1 is 1.22 bits per heavy atom. The fourth-order valence-corrected chi connectivity index (χ4v) is 4.11. The van der Waals surface area contributed by atoms with Crippen LogP contribution < -0.4 is 0 Å². The smallest absolute Gasteiger partial charge is 0.356 e. The lowest BCUT2D eigenvalue weighted by Crippen LogP contribution is -2.09. The first-order valence-corrected chi connectivity index (χ1v) is 9.74. The van der Waals surface area contributed by atoms with E-state index in [9.17, 15) is 4.79 Å². The van der Waals surface area contributed by atoms with Gasteiger partial charge in [-0.3, -0.25) is 0 Å². The Morgan fingerprint density at radius 2 is 2.04 bits per heavy atom. The number of pyridine rings is 2. The number of carbonyl (C=O) groups excluding carboxylic acids is 1. The second-order valence-electron chi connectivity index (χ2n) is 7.06. The molecular weight excluding hydrogens is 362 g/mol. The molecule has 5 nitrogen and oxygen atoms in total. The summed E-state index contributed by atoms with van der Waals surface area (Å²) in [5.41, 5.74) is 4.52. The number of esters is 1. The van der Waals surface area contributed by atoms with E-state index in [2.05, 4.69) is 4.98 Å². The Morgan fingerprint density at radius 3 is 2.81 bits per heavy atom. The average molecular weight is 384 g/mol. The van der Waals surface area contributed by atoms with Crippen LogP contribution in [0.25, 0.3) is 5.52 Å². The Balaban J connectivity index is 1.76. The molecule has 0 N–H and O–H groups in total. The van der Waals surface area contributed by atoms with E-state index in [0.717, 1.165) is 16.9 Å². The van der Waals surface area contributed by atoms with Gasteiger partial charge in [0.2, 0.25) is 0 Å². The van der Waals surface area contributed by atoms with Crippen molar-refractivity contribution < 1.29 is 9.53 Å². The molecule has 0 radical (unpaired) electrons. The molecule has 0 amide bonds. The normalized spacial score (nSPS) is 15.2. The first-order valence-electron chi connectivity index (χ1n) is 9.36. The molecule has 1 saturated carbocycles. The fraction of sp³-hybridized carbons (Fsp3) is 0.381. The van der Waals surface area contributed by atoms with Crippen LogP contribution in [0.3, 0.4) is 0 Å². The lowest BCUT2D eigenvalue weighted by molar-refractivity contribution is 0.0593. The molecule has 0 saturated heterocycles. The first kappa shape index (κ1) is 18.0. The Bertz CT molecular complexity index is 977. The molecule has 0 aromatic carbocycles. The van der Waals surface area contributed by atoms with Crippen LogP contribution in [0, 0.1) is 0 Å². The maximum atomic E-state index is 11.8. The number of fused-ring (bicyclic) bond motifs is 1. The van der Waals surface area contributed by atoms with E-state index in [0.29, 0.717) is 23.1 Å². The molecular formula is C21H22ClN3O2. The number of nitrogens with zero attached hydrogens (tertiary/aromatic N) is 3. The summed E-state index contributed by atoms with van der Waals surface area (Å²) in [5, 5.41) is 5.54. The minimum atomic E-state index is -0.420. The van der Waals surface area contributed by atoms with Crippen molar-refractivity contribution in [3.8, 4) is 0 Å². The molecule has 3 aromatic rings. The van der Waals surface area contributed by atoms with E-state index in [1.54, 1.807) is 6.07 Å². The third kappa shape index (κ3) is 3.69. The van der Waals surface area contributed by atoms with Gasteiger partial charge in [0.05, 0.1) is 23.3 Å². The van der Waals surface area contributed by atoms with Gasteiger partial charge in [-0.15, -0.1) is 0 Å². The molecule has 6 heteroatoms. The molecule has 140 valence electrons. The summed E-state index contributed by atoms with van der Waals surface area (Å²) in [7, 11) is 1.37. The minimum Gasteiger partial charge on any atom is -0.464 e. The van der Waals surface area contributed by atoms with Gasteiger partial charge in [0.15, 0.2) is 0 Å². The van der Waals surface area contributed by atoms with Crippen LogP contribution in [0.1, 0.15) is 65.5 Å². The fourth-order valence-electron chi connectivity index (χ4n) is 3.96. The van der Waals surface area contributed by atoms with Crippen molar-refractivity contribution in [1.29, 1.82) is 0 Å². The number of methoxy groups -OCH3 is 1. The van der Waals surface area contributed by atoms with Crippen molar-refractivity contribution in [3.63, 3.8) is 0 Å². The molecule has 4 rings (SSSR count). The number of aromatic nitrogens is 3. The van der Waals surface area contributed by atoms with Crippen LogP contribution in [0.4, 0.5) is 0 Å². The Labute approximate surface area is 163 Å². The van der Waals surface area contributed by atoms with Gasteiger partial charge in [-0.25, -0.2) is 14.3 Å². The first-order chi connectivity index (χ1) is 13.2. The van der Waals surface area contributed by atoms with Crippen molar-refractivity contribution in [2.75, 3.05) is 7.11 Å². The quantitative estimate of drug-likeness (QED) is 0.607. The van der Waals surface area contributed by atoms with Crippen LogP contribution in [0.2, 0.25) is 5.02 Å². The van der Waals surface area contributed by atoms with Crippen molar-refractivity contribution in [2.24, 2.45) is 0 Å². The van der Waals surface area contributed by atoms with E-state index in [-0.39, 0.29) is 0 Å². The van der Waals surface area contributed by atoms with Crippen molar-refractivity contribution in [3.05, 3.63) is 64.2 Å². The number of carbonyl (C=O) groups is 1. The summed E-state index contributed by atoms with van der Waals surface area (Å²) < 4.78 is 6.68. The maximum absolute atomic E-state index is 11.8. The Kier molecular flexibility index (Phi) is 5.12. The van der Waals surface area contributed by atoms with Gasteiger partial charge in [-0.2, -0.15) is 5.10 Å². The molecule has 0 unspecified atom stereocenters. The Hall–Kier alpha value is -2.40. The molecule has 0 bridgehead atoms. The summed E-state index contributed by atoms with van der Waals surface area (Å²) in [4.78, 5) is 16.3. The average Bonchev–Trinajstić information content (AvgIpc) is 3.05. The molecule has 1 aliphatic carbocycles. The minimum absolute atomic E-state index is 0.328. The molecule has 3 heterocycles. The molecule has 27 heavy (non-hydrogen) atoms. The van der Waals surface area contributed by atoms with E-state index >= 15 is 0 Å². The second kappa shape index (κ2) is 7.69. The van der Waals surface area contributed by atoms with Crippen molar-refractivity contribution >= 4 is 23.1 Å². The van der Waals surface area contributed by atoms with Gasteiger partial charge >= 0.3 is 5.97 Å². The highest BCUT2D eigenvalue weighted by Gasteiger charge is 2.24. The number of halogens is 1. The summed E-state index contributed by atoms with van der Waals surface area (Å²) in [6.07, 6.45) is 8.60. The maximum Gasteiger partial charge on any atom is 0.356 e. The highest BCUT2D eigenvalue weighted by molar-refractivity contribution is 6.30. The summed E-state index contributed by atoms with van der Waals surface area (Å²) >= 11 is 6.17. The van der Waals surface area contributed by atoms with Crippen molar-refractivity contribution in [2.45, 2.75) is 44.4 Å². The standard InChI is InChI=1S/C21H22ClN3O2/c1-27-21(26)18-9-5-8-16(23-18)12-17-19-11-10-15(22)13-25(19)24-20(17)14-6-3-2-4-7-14/h5,8-11,13-14H,2-4,6-7,12H2,1H3. The lowest BCUT2D eigenvalue weighted by atomic mass is 9.84. The van der Waals surface area contributed by atoms with E-state index in [1.807, 2.05) is 35.0 Å². The summed E-state index contributed by atoms with van der Waals surface area (Å²) in [6.45, 7) is 0. The number of hydrogen-bond donors (Lipinski definition) is 0. The number of hydrogen-bond acceptors (Lipinski definition) is 4. The van der Waals surface area contributed by atoms with E-state index < -0.39 is 5.97 Å². The van der Waals surface area contributed by atoms with E-state index in [1.165, 1.54) is 44.8 Å². The predicted octanol–water partition coefficient (Wildman–Crippen LogP) is 4.81. The van der Waals surface area contributed by atoms with Crippen LogP contribution in [0.5, 0.6) is 0 Å². The third-order valence-electron chi connectivity index (χ3n) is 5.28. The molecule has 0 spiro atoms. The van der Waals surface area contributed by atoms with E-state index in [4.69, 9.17) is 21.4 Å². The highest BCUT2D eigenvalue weighted by Crippen LogP contribution is 2.36. The number of ether oxygens (including phenoxy) is 1. The molecule has 1 aliphatic rings. The predicted molar refractivity (Wildman–Crippen MR) is 104 cm³/mol. The van der Waals surface area contributed by atoms with Gasteiger partial charge in [-0.1, -0.05) is 36.9 Å². The molecule has 1 fully saturated rings. The SMILES string of the molecule is COC(=O)c1cccc(Cc2c(C3CCCCC3)nn3cc(Cl)ccc23)n1. The number of rotatable bonds is 4. The van der Waals surface area contributed by atoms with Gasteiger partial charge in [-0.05, 0) is 37.1 Å². The van der Waals surface area contributed by atoms with Crippen LogP contribution in [-0.4, -0.2) is 27.7 Å². The zero-order valence-electron chi connectivity index (χ0n) is 15.3. The molecule has 0 atom stereocenters. The third-order valence-corrected chi connectivity index (χ3v) is 5.50. The highest BCUT2D eigenvalue weighted by atomic mass is 35.5. The largest absolute Gasteiger partial charge is 0.464 e. The van der Waals surface area contributed by atoms with Gasteiger partial charge in [0.1, 0.15) is 5.69 Å². The lowest BCUT2D eigenvalue weighted by Gasteiger charge is -2.21. The zero-order valence-corrected chi connectivity index (χ0v) is 16.1. The molecule has 0 aliphatic heterocycles. The second-order valence-corrected chi connectivity index (χ2v) is 7.49. The summed E-state index contributed by atoms with van der Waals surface area (Å²) in [5.74, 6) is 0.0483. The molecule has 3 aromatic heterocycles. The van der Waals surface area contributed by atoms with Crippen molar-refractivity contribution in [1.82, 2.24) is 14.6 Å². The summed E-state index contributed by atoms with van der Waals surface area (Å²) in [6, 6.07) is 9.37. The van der Waals surface area contributed by atoms with Crippen LogP contribution in [-0.2, 0) is 11.2 Å². The van der Waals surface area contributed by atoms with Gasteiger partial charge in [0.25, 0.3) is 0 Å². The monoisotopic (exact) mass is 383 g/mol. The van der Waals surface area contributed by atoms with Crippen LogP contribution >= 0.6 is 11.6 Å². The van der Waals surface area contributed by atoms with Gasteiger partial charge in [0, 0.05) is 29.8 Å². The topological polar surface area (TPSA) is 56.5 Å².